The molecule has 1 saturated carbocycles. The van der Waals surface area contributed by atoms with Gasteiger partial charge in [0, 0.05) is 23.6 Å². The molecule has 1 aromatic heterocycles. The van der Waals surface area contributed by atoms with Crippen molar-refractivity contribution in [1.82, 2.24) is 10.1 Å². The number of nitro benzene ring substituents is 1. The Labute approximate surface area is 239 Å². The number of aliphatic imine (C=N–C) groups is 1. The van der Waals surface area contributed by atoms with Crippen LogP contribution in [0.15, 0.2) is 56.9 Å². The molecule has 0 atom stereocenters. The summed E-state index contributed by atoms with van der Waals surface area (Å²) in [6.07, 6.45) is 5.93. The first-order valence-corrected chi connectivity index (χ1v) is 15.6. The molecule has 0 unspecified atom stereocenters. The summed E-state index contributed by atoms with van der Waals surface area (Å²) >= 11 is 0. The lowest BCUT2D eigenvalue weighted by Gasteiger charge is -2.23. The molecule has 0 bridgehead atoms. The van der Waals surface area contributed by atoms with Crippen molar-refractivity contribution in [2.24, 2.45) is 4.99 Å². The van der Waals surface area contributed by atoms with Crippen molar-refractivity contribution in [3.8, 4) is 11.1 Å². The van der Waals surface area contributed by atoms with Gasteiger partial charge in [0.05, 0.1) is 27.6 Å². The molecule has 41 heavy (non-hydrogen) atoms. The fraction of sp³-hybridized carbons (Fsp3) is 0.433. The molecule has 216 valence electrons. The Morgan fingerprint density at radius 2 is 1.83 bits per heavy atom. The Morgan fingerprint density at radius 3 is 2.49 bits per heavy atom. The van der Waals surface area contributed by atoms with Crippen LogP contribution in [0.3, 0.4) is 0 Å². The monoisotopic (exact) mass is 578 g/mol. The number of aryl methyl sites for hydroxylation is 1. The molecule has 0 saturated heterocycles. The first-order valence-electron chi connectivity index (χ1n) is 14.0. The number of nitro groups is 1. The van der Waals surface area contributed by atoms with Crippen LogP contribution in [0, 0.1) is 24.0 Å². The summed E-state index contributed by atoms with van der Waals surface area (Å²) in [7, 11) is -3.93. The van der Waals surface area contributed by atoms with Crippen molar-refractivity contribution in [3.63, 3.8) is 0 Å². The molecule has 3 aromatic rings. The Kier molecular flexibility index (Phi) is 7.83. The molecule has 0 radical (unpaired) electrons. The van der Waals surface area contributed by atoms with Crippen molar-refractivity contribution in [3.05, 3.63) is 75.2 Å². The van der Waals surface area contributed by atoms with Gasteiger partial charge in [-0.1, -0.05) is 55.6 Å². The van der Waals surface area contributed by atoms with Crippen LogP contribution in [0.25, 0.3) is 11.1 Å². The number of nitrogens with zero attached hydrogens (tertiary/aromatic N) is 4. The molecule has 2 heterocycles. The number of amides is 1. The lowest BCUT2D eigenvalue weighted by molar-refractivity contribution is -0.384. The normalized spacial score (nSPS) is 16.5. The van der Waals surface area contributed by atoms with Crippen LogP contribution < -0.4 is 0 Å². The number of sulfone groups is 1. The highest BCUT2D eigenvalue weighted by Gasteiger charge is 2.49. The second-order valence-electron chi connectivity index (χ2n) is 10.9. The summed E-state index contributed by atoms with van der Waals surface area (Å²) in [6.45, 7) is 5.73. The molecular formula is C30H34N4O6S. The number of unbranched alkanes of at least 4 members (excludes halogenated alkanes) is 1. The number of rotatable bonds is 10. The van der Waals surface area contributed by atoms with Crippen LogP contribution in [0.1, 0.15) is 74.5 Å². The van der Waals surface area contributed by atoms with Crippen LogP contribution >= 0.6 is 0 Å². The van der Waals surface area contributed by atoms with Gasteiger partial charge in [0.1, 0.15) is 17.1 Å². The average Bonchev–Trinajstić information content (AvgIpc) is 3.63. The van der Waals surface area contributed by atoms with Crippen molar-refractivity contribution in [1.29, 1.82) is 0 Å². The maximum absolute atomic E-state index is 13.5. The second-order valence-corrected chi connectivity index (χ2v) is 12.9. The quantitative estimate of drug-likeness (QED) is 0.210. The van der Waals surface area contributed by atoms with E-state index in [1.54, 1.807) is 49.1 Å². The van der Waals surface area contributed by atoms with Gasteiger partial charge in [0.15, 0.2) is 15.6 Å². The molecule has 0 N–H and O–H groups in total. The Morgan fingerprint density at radius 1 is 1.10 bits per heavy atom. The van der Waals surface area contributed by atoms with Gasteiger partial charge in [-0.05, 0) is 50.8 Å². The predicted molar refractivity (Wildman–Crippen MR) is 154 cm³/mol. The van der Waals surface area contributed by atoms with Gasteiger partial charge in [-0.2, -0.15) is 0 Å². The smallest absolute Gasteiger partial charge is 0.277 e. The molecule has 10 nitrogen and oxygen atoms in total. The molecule has 1 fully saturated rings. The van der Waals surface area contributed by atoms with Gasteiger partial charge >= 0.3 is 0 Å². The summed E-state index contributed by atoms with van der Waals surface area (Å²) in [5.41, 5.74) is 1.33. The summed E-state index contributed by atoms with van der Waals surface area (Å²) < 4.78 is 32.2. The standard InChI is InChI=1S/C30H34N4O6S/c1-4-5-12-28-31-30(15-8-9-16-30)29(35)33(28)18-22-13-14-23(25(17-22)34(36)37)24-10-6-7-11-27(24)41(38,39)19-26-20(2)21(3)32-40-26/h6-7,10-11,13-14,17H,4-5,8-9,12,15-16,18-19H2,1-3H3. The first kappa shape index (κ1) is 28.7. The van der Waals surface area contributed by atoms with Crippen LogP contribution in [0.2, 0.25) is 0 Å². The Hall–Kier alpha value is -3.86. The molecule has 1 aliphatic carbocycles. The fourth-order valence-corrected chi connectivity index (χ4v) is 7.31. The number of hydrogen-bond acceptors (Lipinski definition) is 8. The molecule has 5 rings (SSSR count). The number of aromatic nitrogens is 1. The minimum Gasteiger partial charge on any atom is -0.360 e. The Balaban J connectivity index is 1.49. The minimum absolute atomic E-state index is 0.0257. The highest BCUT2D eigenvalue weighted by atomic mass is 32.2. The van der Waals surface area contributed by atoms with E-state index in [1.807, 2.05) is 0 Å². The molecular weight excluding hydrogens is 544 g/mol. The third kappa shape index (κ3) is 5.42. The van der Waals surface area contributed by atoms with E-state index >= 15 is 0 Å². The maximum atomic E-state index is 13.5. The van der Waals surface area contributed by atoms with E-state index in [-0.39, 0.29) is 39.9 Å². The lowest BCUT2D eigenvalue weighted by Crippen LogP contribution is -2.40. The number of hydrogen-bond donors (Lipinski definition) is 0. The second kappa shape index (κ2) is 11.2. The van der Waals surface area contributed by atoms with E-state index in [0.717, 1.165) is 44.4 Å². The van der Waals surface area contributed by atoms with E-state index in [4.69, 9.17) is 9.52 Å². The van der Waals surface area contributed by atoms with E-state index in [1.165, 1.54) is 12.1 Å². The van der Waals surface area contributed by atoms with Crippen LogP contribution in [-0.2, 0) is 26.9 Å². The van der Waals surface area contributed by atoms with Gasteiger partial charge in [-0.15, -0.1) is 0 Å². The number of carbonyl (C=O) groups excluding carboxylic acids is 1. The minimum atomic E-state index is -3.93. The summed E-state index contributed by atoms with van der Waals surface area (Å²) in [4.78, 5) is 31.9. The number of benzene rings is 2. The molecule has 1 spiro atoms. The van der Waals surface area contributed by atoms with Gasteiger partial charge in [-0.3, -0.25) is 24.8 Å². The van der Waals surface area contributed by atoms with Gasteiger partial charge in [-0.25, -0.2) is 8.42 Å². The number of carbonyl (C=O) groups is 1. The Bertz CT molecular complexity index is 1640. The highest BCUT2D eigenvalue weighted by Crippen LogP contribution is 2.41. The van der Waals surface area contributed by atoms with Crippen molar-refractivity contribution in [2.45, 2.75) is 88.4 Å². The van der Waals surface area contributed by atoms with Gasteiger partial charge in [0.2, 0.25) is 0 Å². The largest absolute Gasteiger partial charge is 0.360 e. The van der Waals surface area contributed by atoms with Crippen LogP contribution in [-0.4, -0.2) is 40.7 Å². The van der Waals surface area contributed by atoms with E-state index in [2.05, 4.69) is 12.1 Å². The molecule has 1 amide bonds. The number of amidine groups is 1. The average molecular weight is 579 g/mol. The fourth-order valence-electron chi connectivity index (χ4n) is 5.74. The predicted octanol–water partition coefficient (Wildman–Crippen LogP) is 6.08. The van der Waals surface area contributed by atoms with E-state index in [9.17, 15) is 23.3 Å². The van der Waals surface area contributed by atoms with Gasteiger partial charge in [0.25, 0.3) is 11.6 Å². The lowest BCUT2D eigenvalue weighted by atomic mass is 9.97. The summed E-state index contributed by atoms with van der Waals surface area (Å²) in [6, 6.07) is 11.0. The van der Waals surface area contributed by atoms with E-state index in [0.29, 0.717) is 23.2 Å². The van der Waals surface area contributed by atoms with E-state index < -0.39 is 26.1 Å². The third-order valence-corrected chi connectivity index (χ3v) is 9.84. The zero-order valence-electron chi connectivity index (χ0n) is 23.6. The van der Waals surface area contributed by atoms with Crippen LogP contribution in [0.4, 0.5) is 5.69 Å². The molecule has 11 heteroatoms. The summed E-state index contributed by atoms with van der Waals surface area (Å²) in [5.74, 6) is 0.543. The van der Waals surface area contributed by atoms with Crippen molar-refractivity contribution < 1.29 is 22.7 Å². The first-order chi connectivity index (χ1) is 19.6. The summed E-state index contributed by atoms with van der Waals surface area (Å²) in [5, 5.41) is 16.1. The van der Waals surface area contributed by atoms with Crippen LogP contribution in [0.5, 0.6) is 0 Å². The van der Waals surface area contributed by atoms with Crippen molar-refractivity contribution in [2.75, 3.05) is 0 Å². The molecule has 2 aliphatic rings. The third-order valence-electron chi connectivity index (χ3n) is 8.17. The topological polar surface area (TPSA) is 136 Å². The van der Waals surface area contributed by atoms with Gasteiger partial charge < -0.3 is 4.52 Å². The zero-order valence-corrected chi connectivity index (χ0v) is 24.4. The molecule has 2 aromatic carbocycles. The van der Waals surface area contributed by atoms with Crippen molar-refractivity contribution >= 4 is 27.3 Å². The molecule has 1 aliphatic heterocycles. The zero-order chi connectivity index (χ0) is 29.4. The maximum Gasteiger partial charge on any atom is 0.277 e. The highest BCUT2D eigenvalue weighted by molar-refractivity contribution is 7.90. The SMILES string of the molecule is CCCCC1=NC2(CCCC2)C(=O)N1Cc1ccc(-c2ccccc2S(=O)(=O)Cc2onc(C)c2C)c([N+](=O)[O-])c1.